The molecule has 9 heteroatoms. The zero-order valence-electron chi connectivity index (χ0n) is 15.4. The molecular weight excluding hydrogens is 370 g/mol. The third-order valence-corrected chi connectivity index (χ3v) is 4.04. The molecule has 0 bridgehead atoms. The fourth-order valence-electron chi connectivity index (χ4n) is 2.49. The molecule has 2 aromatic rings. The molecule has 2 aromatic carbocycles. The Bertz CT molecular complexity index is 808. The standard InChI is InChI=1S/C19H23NO8/c1-13(14-4-5-16-11-17(21)7-6-15(16)10-14)19(23)27-12-18(22)26-8-2-3-9-28-20(24)25/h4-7,10-11,13,21,24-25H,2-3,8-9,12H2,1H3. The first-order valence-electron chi connectivity index (χ1n) is 8.72. The van der Waals surface area contributed by atoms with Gasteiger partial charge in [0, 0.05) is 0 Å². The van der Waals surface area contributed by atoms with Crippen molar-refractivity contribution in [2.75, 3.05) is 19.8 Å². The highest BCUT2D eigenvalue weighted by Gasteiger charge is 2.19. The van der Waals surface area contributed by atoms with Gasteiger partial charge in [-0.05, 0) is 48.2 Å². The molecule has 0 aliphatic rings. The van der Waals surface area contributed by atoms with E-state index in [4.69, 9.17) is 19.9 Å². The van der Waals surface area contributed by atoms with Gasteiger partial charge in [-0.1, -0.05) is 24.3 Å². The molecule has 0 fully saturated rings. The summed E-state index contributed by atoms with van der Waals surface area (Å²) in [5.41, 5.74) is 0.735. The number of esters is 2. The zero-order valence-corrected chi connectivity index (χ0v) is 15.4. The Morgan fingerprint density at radius 3 is 2.43 bits per heavy atom. The predicted octanol–water partition coefficient (Wildman–Crippen LogP) is 2.53. The summed E-state index contributed by atoms with van der Waals surface area (Å²) in [6.45, 7) is 1.36. The van der Waals surface area contributed by atoms with Crippen LogP contribution in [0.3, 0.4) is 0 Å². The van der Waals surface area contributed by atoms with Gasteiger partial charge in [-0.2, -0.15) is 0 Å². The maximum atomic E-state index is 12.2. The summed E-state index contributed by atoms with van der Waals surface area (Å²) >= 11 is 0. The number of benzene rings is 2. The predicted molar refractivity (Wildman–Crippen MR) is 96.5 cm³/mol. The molecule has 2 rings (SSSR count). The summed E-state index contributed by atoms with van der Waals surface area (Å²) in [5.74, 6) is -1.61. The average Bonchev–Trinajstić information content (AvgIpc) is 2.67. The smallest absolute Gasteiger partial charge is 0.344 e. The van der Waals surface area contributed by atoms with Crippen molar-refractivity contribution in [2.45, 2.75) is 25.7 Å². The summed E-state index contributed by atoms with van der Waals surface area (Å²) in [7, 11) is 0. The Hall–Kier alpha value is -2.72. The molecule has 0 spiro atoms. The number of nitrogens with zero attached hydrogens (tertiary/aromatic N) is 1. The van der Waals surface area contributed by atoms with Gasteiger partial charge in [0.05, 0.1) is 24.5 Å². The molecule has 3 N–H and O–H groups in total. The number of hydrogen-bond acceptors (Lipinski definition) is 9. The molecular formula is C19H23NO8. The van der Waals surface area contributed by atoms with Gasteiger partial charge in [0.15, 0.2) is 6.61 Å². The van der Waals surface area contributed by atoms with E-state index in [1.54, 1.807) is 37.3 Å². The first kappa shape index (κ1) is 21.6. The number of phenolic OH excluding ortho intramolecular Hbond substituents is 1. The zero-order chi connectivity index (χ0) is 20.5. The highest BCUT2D eigenvalue weighted by atomic mass is 17.1. The third kappa shape index (κ3) is 6.78. The van der Waals surface area contributed by atoms with Gasteiger partial charge >= 0.3 is 11.9 Å². The number of hydrogen-bond donors (Lipinski definition) is 3. The number of fused-ring (bicyclic) bond motifs is 1. The molecule has 152 valence electrons. The summed E-state index contributed by atoms with van der Waals surface area (Å²) in [4.78, 5) is 28.1. The third-order valence-electron chi connectivity index (χ3n) is 4.04. The SMILES string of the molecule is CC(C(=O)OCC(=O)OCCCCON(O)O)c1ccc2cc(O)ccc2c1. The summed E-state index contributed by atoms with van der Waals surface area (Å²) in [5, 5.41) is 27.5. The van der Waals surface area contributed by atoms with Gasteiger partial charge in [0.2, 0.25) is 0 Å². The van der Waals surface area contributed by atoms with E-state index in [0.29, 0.717) is 12.8 Å². The van der Waals surface area contributed by atoms with Crippen LogP contribution >= 0.6 is 0 Å². The van der Waals surface area contributed by atoms with Crippen LogP contribution < -0.4 is 0 Å². The van der Waals surface area contributed by atoms with E-state index in [-0.39, 0.29) is 24.4 Å². The van der Waals surface area contributed by atoms with E-state index >= 15 is 0 Å². The van der Waals surface area contributed by atoms with Crippen LogP contribution in [0, 0.1) is 0 Å². The van der Waals surface area contributed by atoms with Crippen LogP contribution in [-0.4, -0.2) is 52.7 Å². The quantitative estimate of drug-likeness (QED) is 0.317. The van der Waals surface area contributed by atoms with Crippen LogP contribution in [0.15, 0.2) is 36.4 Å². The Morgan fingerprint density at radius 2 is 1.68 bits per heavy atom. The Balaban J connectivity index is 1.74. The number of phenols is 1. The Kier molecular flexibility index (Phi) is 8.15. The summed E-state index contributed by atoms with van der Waals surface area (Å²) in [6.07, 6.45) is 0.901. The maximum absolute atomic E-state index is 12.2. The summed E-state index contributed by atoms with van der Waals surface area (Å²) < 4.78 is 9.93. The van der Waals surface area contributed by atoms with Gasteiger partial charge in [0.25, 0.3) is 0 Å². The highest BCUT2D eigenvalue weighted by Crippen LogP contribution is 2.25. The molecule has 0 heterocycles. The Morgan fingerprint density at radius 1 is 1.00 bits per heavy atom. The van der Waals surface area contributed by atoms with Crippen LogP contribution in [-0.2, 0) is 23.9 Å². The van der Waals surface area contributed by atoms with Crippen molar-refractivity contribution >= 4 is 22.7 Å². The van der Waals surface area contributed by atoms with Crippen LogP contribution in [0.1, 0.15) is 31.2 Å². The topological polar surface area (TPSA) is 126 Å². The molecule has 0 saturated heterocycles. The highest BCUT2D eigenvalue weighted by molar-refractivity contribution is 5.87. The molecule has 28 heavy (non-hydrogen) atoms. The first-order valence-corrected chi connectivity index (χ1v) is 8.72. The van der Waals surface area contributed by atoms with E-state index in [0.717, 1.165) is 16.3 Å². The lowest BCUT2D eigenvalue weighted by atomic mass is 9.98. The molecule has 0 radical (unpaired) electrons. The summed E-state index contributed by atoms with van der Waals surface area (Å²) in [6, 6.07) is 10.4. The van der Waals surface area contributed by atoms with Crippen molar-refractivity contribution in [2.24, 2.45) is 0 Å². The Labute approximate surface area is 161 Å². The van der Waals surface area contributed by atoms with Crippen molar-refractivity contribution in [1.29, 1.82) is 0 Å². The minimum Gasteiger partial charge on any atom is -0.508 e. The van der Waals surface area contributed by atoms with E-state index in [1.165, 1.54) is 0 Å². The van der Waals surface area contributed by atoms with Crippen LogP contribution in [0.2, 0.25) is 0 Å². The van der Waals surface area contributed by atoms with E-state index in [1.807, 2.05) is 6.07 Å². The van der Waals surface area contributed by atoms with Crippen molar-refractivity contribution in [1.82, 2.24) is 5.39 Å². The van der Waals surface area contributed by atoms with E-state index < -0.39 is 24.5 Å². The number of unbranched alkanes of at least 4 members (excludes halogenated alkanes) is 1. The van der Waals surface area contributed by atoms with Gasteiger partial charge in [-0.15, -0.1) is 0 Å². The lowest BCUT2D eigenvalue weighted by Crippen LogP contribution is -2.20. The molecule has 0 aliphatic heterocycles. The minimum absolute atomic E-state index is 0.0580. The lowest BCUT2D eigenvalue weighted by Gasteiger charge is -2.13. The molecule has 9 nitrogen and oxygen atoms in total. The van der Waals surface area contributed by atoms with Crippen molar-refractivity contribution in [3.8, 4) is 5.75 Å². The fourth-order valence-corrected chi connectivity index (χ4v) is 2.49. The van der Waals surface area contributed by atoms with E-state index in [9.17, 15) is 14.7 Å². The molecule has 0 saturated carbocycles. The monoisotopic (exact) mass is 393 g/mol. The minimum atomic E-state index is -0.665. The van der Waals surface area contributed by atoms with E-state index in [2.05, 4.69) is 4.84 Å². The molecule has 1 unspecified atom stereocenters. The van der Waals surface area contributed by atoms with Crippen molar-refractivity contribution < 1.29 is 39.4 Å². The maximum Gasteiger partial charge on any atom is 0.344 e. The number of carbonyl (C=O) groups excluding carboxylic acids is 2. The molecule has 0 aromatic heterocycles. The van der Waals surface area contributed by atoms with Crippen LogP contribution in [0.25, 0.3) is 10.8 Å². The fraction of sp³-hybridized carbons (Fsp3) is 0.368. The van der Waals surface area contributed by atoms with Gasteiger partial charge < -0.3 is 14.6 Å². The average molecular weight is 393 g/mol. The number of ether oxygens (including phenoxy) is 2. The van der Waals surface area contributed by atoms with Crippen molar-refractivity contribution in [3.05, 3.63) is 42.0 Å². The second-order valence-corrected chi connectivity index (χ2v) is 6.13. The number of carbonyl (C=O) groups is 2. The largest absolute Gasteiger partial charge is 0.508 e. The second kappa shape index (κ2) is 10.6. The van der Waals surface area contributed by atoms with Gasteiger partial charge in [-0.25, -0.2) is 4.79 Å². The first-order chi connectivity index (χ1) is 13.4. The molecule has 1 atom stereocenters. The number of aromatic hydroxyl groups is 1. The lowest BCUT2D eigenvalue weighted by molar-refractivity contribution is -0.492. The van der Waals surface area contributed by atoms with Gasteiger partial charge in [0.1, 0.15) is 5.75 Å². The van der Waals surface area contributed by atoms with Crippen LogP contribution in [0.4, 0.5) is 0 Å². The normalized spacial score (nSPS) is 12.1. The van der Waals surface area contributed by atoms with Gasteiger partial charge in [-0.3, -0.25) is 20.0 Å². The van der Waals surface area contributed by atoms with Crippen molar-refractivity contribution in [3.63, 3.8) is 0 Å². The van der Waals surface area contributed by atoms with Crippen LogP contribution in [0.5, 0.6) is 5.75 Å². The molecule has 0 aliphatic carbocycles. The number of rotatable bonds is 10. The second-order valence-electron chi connectivity index (χ2n) is 6.13. The molecule has 0 amide bonds.